The van der Waals surface area contributed by atoms with Crippen LogP contribution < -0.4 is 5.32 Å². The van der Waals surface area contributed by atoms with Crippen molar-refractivity contribution in [2.24, 2.45) is 0 Å². The lowest BCUT2D eigenvalue weighted by atomic mass is 10.1. The van der Waals surface area contributed by atoms with Crippen LogP contribution in [-0.4, -0.2) is 36.8 Å². The molecule has 172 valence electrons. The number of aryl methyl sites for hydroxylation is 2. The lowest BCUT2D eigenvalue weighted by Gasteiger charge is -2.09. The lowest BCUT2D eigenvalue weighted by Crippen LogP contribution is -2.25. The van der Waals surface area contributed by atoms with Gasteiger partial charge in [0.1, 0.15) is 17.1 Å². The average Bonchev–Trinajstić information content (AvgIpc) is 3.33. The number of aromatic nitrogens is 5. The van der Waals surface area contributed by atoms with Gasteiger partial charge < -0.3 is 5.32 Å². The Hall–Kier alpha value is -3.40. The maximum absolute atomic E-state index is 13.7. The Labute approximate surface area is 192 Å². The number of alkyl halides is 2. The highest BCUT2D eigenvalue weighted by molar-refractivity contribution is 6.31. The van der Waals surface area contributed by atoms with Crippen LogP contribution in [0.2, 0.25) is 5.02 Å². The molecule has 3 heterocycles. The normalized spacial score (nSPS) is 11.5. The highest BCUT2D eigenvalue weighted by atomic mass is 35.5. The SMILES string of the molecule is Cc1nn(CCCNC(=O)c2cnn3c(C(F)F)cc(-c4ccc(F)cc4)nc23)c(C)c1Cl. The van der Waals surface area contributed by atoms with E-state index in [2.05, 4.69) is 20.5 Å². The van der Waals surface area contributed by atoms with Crippen LogP contribution >= 0.6 is 11.6 Å². The summed E-state index contributed by atoms with van der Waals surface area (Å²) in [5.41, 5.74) is 1.86. The lowest BCUT2D eigenvalue weighted by molar-refractivity contribution is 0.0953. The Morgan fingerprint density at radius 1 is 1.21 bits per heavy atom. The molecular weight excluding hydrogens is 457 g/mol. The van der Waals surface area contributed by atoms with Crippen LogP contribution in [0.4, 0.5) is 13.2 Å². The van der Waals surface area contributed by atoms with E-state index in [9.17, 15) is 18.0 Å². The molecule has 0 bridgehead atoms. The Morgan fingerprint density at radius 2 is 1.94 bits per heavy atom. The number of benzene rings is 1. The third kappa shape index (κ3) is 4.56. The van der Waals surface area contributed by atoms with Gasteiger partial charge in [-0.05, 0) is 50.6 Å². The topological polar surface area (TPSA) is 77.1 Å². The summed E-state index contributed by atoms with van der Waals surface area (Å²) in [6, 6.07) is 6.47. The van der Waals surface area contributed by atoms with Crippen molar-refractivity contribution in [1.29, 1.82) is 0 Å². The number of carbonyl (C=O) groups is 1. The molecule has 4 rings (SSSR count). The number of halogens is 4. The Bertz CT molecular complexity index is 1320. The third-order valence-corrected chi connectivity index (χ3v) is 5.78. The van der Waals surface area contributed by atoms with Gasteiger partial charge in [0.15, 0.2) is 5.65 Å². The van der Waals surface area contributed by atoms with Gasteiger partial charge in [0.2, 0.25) is 0 Å². The smallest absolute Gasteiger partial charge is 0.280 e. The molecule has 1 N–H and O–H groups in total. The number of amides is 1. The summed E-state index contributed by atoms with van der Waals surface area (Å²) in [5.74, 6) is -0.943. The van der Waals surface area contributed by atoms with Gasteiger partial charge >= 0.3 is 0 Å². The van der Waals surface area contributed by atoms with Crippen molar-refractivity contribution in [3.63, 3.8) is 0 Å². The van der Waals surface area contributed by atoms with Gasteiger partial charge in [0.05, 0.1) is 28.3 Å². The predicted molar refractivity (Wildman–Crippen MR) is 117 cm³/mol. The van der Waals surface area contributed by atoms with Crippen LogP contribution in [0.15, 0.2) is 36.5 Å². The first-order valence-corrected chi connectivity index (χ1v) is 10.5. The number of hydrogen-bond donors (Lipinski definition) is 1. The highest BCUT2D eigenvalue weighted by Gasteiger charge is 2.21. The van der Waals surface area contributed by atoms with Gasteiger partial charge in [-0.25, -0.2) is 22.7 Å². The molecule has 0 saturated heterocycles. The summed E-state index contributed by atoms with van der Waals surface area (Å²) >= 11 is 6.14. The molecule has 1 amide bonds. The molecule has 0 unspecified atom stereocenters. The first-order valence-electron chi connectivity index (χ1n) is 10.2. The van der Waals surface area contributed by atoms with Gasteiger partial charge in [-0.15, -0.1) is 0 Å². The van der Waals surface area contributed by atoms with E-state index in [-0.39, 0.29) is 16.9 Å². The maximum atomic E-state index is 13.7. The van der Waals surface area contributed by atoms with Gasteiger partial charge in [0.25, 0.3) is 12.3 Å². The first-order chi connectivity index (χ1) is 15.8. The van der Waals surface area contributed by atoms with Gasteiger partial charge in [-0.1, -0.05) is 11.6 Å². The summed E-state index contributed by atoms with van der Waals surface area (Å²) in [4.78, 5) is 17.1. The van der Waals surface area contributed by atoms with Crippen LogP contribution in [0.25, 0.3) is 16.9 Å². The molecule has 0 saturated carbocycles. The fraction of sp³-hybridized carbons (Fsp3) is 0.273. The molecule has 4 aromatic rings. The molecule has 0 fully saturated rings. The zero-order chi connectivity index (χ0) is 23.7. The average molecular weight is 477 g/mol. The highest BCUT2D eigenvalue weighted by Crippen LogP contribution is 2.27. The quantitative estimate of drug-likeness (QED) is 0.390. The molecule has 0 spiro atoms. The van der Waals surface area contributed by atoms with E-state index in [1.807, 2.05) is 13.8 Å². The summed E-state index contributed by atoms with van der Waals surface area (Å²) in [5, 5.41) is 11.7. The standard InChI is InChI=1S/C22H20ClF3N6O/c1-12-19(23)13(2)31(30-12)9-3-8-27-22(33)16-11-28-32-18(20(25)26)10-17(29-21(16)32)14-4-6-15(24)7-5-14/h4-7,10-11,20H,3,8-9H2,1-2H3,(H,27,33). The maximum Gasteiger partial charge on any atom is 0.280 e. The predicted octanol–water partition coefficient (Wildman–Crippen LogP) is 4.76. The van der Waals surface area contributed by atoms with Crippen molar-refractivity contribution >= 4 is 23.2 Å². The molecule has 0 aliphatic carbocycles. The molecule has 0 aliphatic rings. The van der Waals surface area contributed by atoms with Crippen molar-refractivity contribution in [3.05, 3.63) is 70.0 Å². The Balaban J connectivity index is 1.54. The summed E-state index contributed by atoms with van der Waals surface area (Å²) in [6.45, 7) is 4.56. The minimum absolute atomic E-state index is 0.00467. The van der Waals surface area contributed by atoms with Crippen molar-refractivity contribution in [1.82, 2.24) is 29.7 Å². The van der Waals surface area contributed by atoms with Crippen LogP contribution in [0, 0.1) is 19.7 Å². The third-order valence-electron chi connectivity index (χ3n) is 5.23. The number of rotatable bonds is 7. The van der Waals surface area contributed by atoms with Gasteiger partial charge in [-0.2, -0.15) is 10.2 Å². The van der Waals surface area contributed by atoms with E-state index in [0.29, 0.717) is 30.1 Å². The number of carbonyl (C=O) groups excluding carboxylic acids is 1. The minimum Gasteiger partial charge on any atom is -0.352 e. The van der Waals surface area contributed by atoms with Crippen molar-refractivity contribution in [2.75, 3.05) is 6.54 Å². The molecule has 1 aromatic carbocycles. The zero-order valence-electron chi connectivity index (χ0n) is 17.8. The van der Waals surface area contributed by atoms with Gasteiger partial charge in [-0.3, -0.25) is 9.48 Å². The van der Waals surface area contributed by atoms with E-state index in [1.165, 1.54) is 36.5 Å². The minimum atomic E-state index is -2.85. The first kappa shape index (κ1) is 22.8. The van der Waals surface area contributed by atoms with Crippen molar-refractivity contribution in [3.8, 4) is 11.3 Å². The van der Waals surface area contributed by atoms with Gasteiger partial charge in [0, 0.05) is 18.7 Å². The molecule has 0 radical (unpaired) electrons. The largest absolute Gasteiger partial charge is 0.352 e. The molecule has 0 atom stereocenters. The fourth-order valence-electron chi connectivity index (χ4n) is 3.49. The Kier molecular flexibility index (Phi) is 6.37. The Morgan fingerprint density at radius 3 is 2.58 bits per heavy atom. The van der Waals surface area contributed by atoms with E-state index in [1.54, 1.807) is 4.68 Å². The second-order valence-corrected chi connectivity index (χ2v) is 7.86. The van der Waals surface area contributed by atoms with Crippen LogP contribution in [0.1, 0.15) is 40.3 Å². The molecule has 7 nitrogen and oxygen atoms in total. The second kappa shape index (κ2) is 9.22. The monoisotopic (exact) mass is 476 g/mol. The van der Waals surface area contributed by atoms with E-state index < -0.39 is 23.8 Å². The summed E-state index contributed by atoms with van der Waals surface area (Å²) < 4.78 is 43.3. The van der Waals surface area contributed by atoms with E-state index in [0.717, 1.165) is 15.9 Å². The molecular formula is C22H20ClF3N6O. The molecule has 11 heteroatoms. The van der Waals surface area contributed by atoms with E-state index in [4.69, 9.17) is 11.6 Å². The number of nitrogens with zero attached hydrogens (tertiary/aromatic N) is 5. The number of fused-ring (bicyclic) bond motifs is 1. The molecule has 3 aromatic heterocycles. The van der Waals surface area contributed by atoms with Crippen LogP contribution in [-0.2, 0) is 6.54 Å². The number of hydrogen-bond acceptors (Lipinski definition) is 4. The summed E-state index contributed by atoms with van der Waals surface area (Å²) in [7, 11) is 0. The van der Waals surface area contributed by atoms with Crippen LogP contribution in [0.5, 0.6) is 0 Å². The zero-order valence-corrected chi connectivity index (χ0v) is 18.6. The van der Waals surface area contributed by atoms with Crippen molar-refractivity contribution in [2.45, 2.75) is 33.2 Å². The second-order valence-electron chi connectivity index (χ2n) is 7.48. The van der Waals surface area contributed by atoms with Crippen LogP contribution in [0.3, 0.4) is 0 Å². The molecule has 0 aliphatic heterocycles. The van der Waals surface area contributed by atoms with Crippen molar-refractivity contribution < 1.29 is 18.0 Å². The number of nitrogens with one attached hydrogen (secondary N) is 1. The fourth-order valence-corrected chi connectivity index (χ4v) is 3.62. The van der Waals surface area contributed by atoms with E-state index >= 15 is 0 Å². The summed E-state index contributed by atoms with van der Waals surface area (Å²) in [6.07, 6.45) is -1.06. The molecule has 33 heavy (non-hydrogen) atoms.